The van der Waals surface area contributed by atoms with Gasteiger partial charge in [-0.15, -0.1) is 0 Å². The van der Waals surface area contributed by atoms with Gasteiger partial charge in [-0.2, -0.15) is 0 Å². The fourth-order valence-electron chi connectivity index (χ4n) is 9.74. The van der Waals surface area contributed by atoms with Crippen LogP contribution in [0.5, 0.6) is 0 Å². The monoisotopic (exact) mass is 545 g/mol. The maximum Gasteiger partial charge on any atom is 0.121 e. The molecule has 1 aromatic carbocycles. The first kappa shape index (κ1) is 25.5. The van der Waals surface area contributed by atoms with E-state index in [1.807, 2.05) is 24.3 Å². The minimum atomic E-state index is -1.46. The molecule has 2 bridgehead atoms. The van der Waals surface area contributed by atoms with Crippen molar-refractivity contribution in [3.63, 3.8) is 0 Å². The number of aromatic nitrogens is 1. The smallest absolute Gasteiger partial charge is 0.121 e. The van der Waals surface area contributed by atoms with Crippen molar-refractivity contribution in [1.82, 2.24) is 9.88 Å². The van der Waals surface area contributed by atoms with Crippen molar-refractivity contribution < 1.29 is 25.2 Å². The largest absolute Gasteiger partial charge is 0.390 e. The summed E-state index contributed by atoms with van der Waals surface area (Å²) in [5, 5.41) is 48.8. The summed E-state index contributed by atoms with van der Waals surface area (Å²) in [6.07, 6.45) is 8.90. The quantitative estimate of drug-likeness (QED) is 0.387. The maximum atomic E-state index is 12.5. The first-order chi connectivity index (χ1) is 19.1. The molecule has 6 N–H and O–H groups in total. The summed E-state index contributed by atoms with van der Waals surface area (Å²) < 4.78 is 7.24. The Kier molecular flexibility index (Phi) is 5.25. The highest BCUT2D eigenvalue weighted by atomic mass is 16.5. The Morgan fingerprint density at radius 1 is 1.12 bits per heavy atom. The zero-order chi connectivity index (χ0) is 27.7. The summed E-state index contributed by atoms with van der Waals surface area (Å²) in [6.45, 7) is 3.62. The van der Waals surface area contributed by atoms with E-state index in [-0.39, 0.29) is 18.0 Å². The molecular formula is C32H39N3O5. The van der Waals surface area contributed by atoms with Crippen LogP contribution in [0.25, 0.3) is 10.8 Å². The van der Waals surface area contributed by atoms with Gasteiger partial charge in [0.15, 0.2) is 0 Å². The van der Waals surface area contributed by atoms with Crippen LogP contribution in [0.4, 0.5) is 0 Å². The van der Waals surface area contributed by atoms with Crippen LogP contribution in [0.3, 0.4) is 0 Å². The molecule has 0 radical (unpaired) electrons. The first-order valence-corrected chi connectivity index (χ1v) is 14.8. The van der Waals surface area contributed by atoms with Crippen molar-refractivity contribution in [3.05, 3.63) is 65.5 Å². The predicted molar refractivity (Wildman–Crippen MR) is 149 cm³/mol. The van der Waals surface area contributed by atoms with Gasteiger partial charge in [0.05, 0.1) is 23.4 Å². The molecule has 8 nitrogen and oxygen atoms in total. The highest BCUT2D eigenvalue weighted by molar-refractivity contribution is 5.82. The van der Waals surface area contributed by atoms with Crippen LogP contribution >= 0.6 is 0 Å². The number of rotatable bonds is 2. The molecule has 4 heterocycles. The van der Waals surface area contributed by atoms with Gasteiger partial charge in [0.2, 0.25) is 0 Å². The summed E-state index contributed by atoms with van der Waals surface area (Å²) in [5.74, 6) is -0.121. The van der Waals surface area contributed by atoms with Gasteiger partial charge < -0.3 is 30.9 Å². The standard InChI is InChI=1S/C32H39N3O5/c1-29-7-4-20-13-23-27(37)28(38)24(35-11-6-22(33)17-35)15-30(23)8-9-31(20,40-30)25(29)14-26(36)32(29,39)21-3-2-18-5-10-34-16-19(18)12-21/h2-5,10,12-13,16,22,24-28,36-39H,6-9,11,14-15,17,33H2,1H3/t22-,24+,25-,26-,27+,28+,29+,30-,31?,32-/m1/s1. The molecule has 2 saturated heterocycles. The summed E-state index contributed by atoms with van der Waals surface area (Å²) in [4.78, 5) is 6.49. The van der Waals surface area contributed by atoms with Gasteiger partial charge in [0, 0.05) is 54.3 Å². The molecule has 6 aliphatic rings. The highest BCUT2D eigenvalue weighted by Gasteiger charge is 2.73. The summed E-state index contributed by atoms with van der Waals surface area (Å²) in [6, 6.07) is 7.70. The fraction of sp³-hybridized carbons (Fsp3) is 0.594. The van der Waals surface area contributed by atoms with E-state index in [0.29, 0.717) is 31.4 Å². The number of nitrogens with zero attached hydrogens (tertiary/aromatic N) is 2. The lowest BCUT2D eigenvalue weighted by molar-refractivity contribution is -0.187. The molecule has 3 aliphatic carbocycles. The lowest BCUT2D eigenvalue weighted by Gasteiger charge is -2.57. The number of aliphatic hydroxyl groups is 4. The number of ether oxygens (including phenoxy) is 1. The molecule has 2 aromatic rings. The fourth-order valence-corrected chi connectivity index (χ4v) is 9.74. The summed E-state index contributed by atoms with van der Waals surface area (Å²) in [7, 11) is 0. The number of hydrogen-bond donors (Lipinski definition) is 5. The van der Waals surface area contributed by atoms with E-state index in [2.05, 4.69) is 29.0 Å². The van der Waals surface area contributed by atoms with E-state index < -0.39 is 40.5 Å². The van der Waals surface area contributed by atoms with E-state index in [1.165, 1.54) is 0 Å². The number of aliphatic hydroxyl groups excluding tert-OH is 3. The first-order valence-electron chi connectivity index (χ1n) is 14.8. The summed E-state index contributed by atoms with van der Waals surface area (Å²) >= 11 is 0. The van der Waals surface area contributed by atoms with Crippen molar-refractivity contribution in [3.8, 4) is 0 Å². The van der Waals surface area contributed by atoms with E-state index >= 15 is 0 Å². The second-order valence-corrected chi connectivity index (χ2v) is 13.6. The van der Waals surface area contributed by atoms with Gasteiger partial charge in [-0.3, -0.25) is 9.88 Å². The molecule has 0 amide bonds. The number of hydrogen-bond acceptors (Lipinski definition) is 8. The topological polar surface area (TPSA) is 132 Å². The summed E-state index contributed by atoms with van der Waals surface area (Å²) in [5.41, 5.74) is 5.25. The minimum Gasteiger partial charge on any atom is -0.390 e. The predicted octanol–water partition coefficient (Wildman–Crippen LogP) is 1.89. The van der Waals surface area contributed by atoms with Crippen molar-refractivity contribution in [2.24, 2.45) is 17.1 Å². The third kappa shape index (κ3) is 3.03. The van der Waals surface area contributed by atoms with Crippen molar-refractivity contribution in [2.45, 2.75) is 92.6 Å². The van der Waals surface area contributed by atoms with Crippen LogP contribution in [0.15, 0.2) is 60.0 Å². The molecule has 1 aromatic heterocycles. The Morgan fingerprint density at radius 3 is 2.77 bits per heavy atom. The second kappa shape index (κ2) is 8.22. The van der Waals surface area contributed by atoms with Crippen LogP contribution < -0.4 is 5.73 Å². The lowest BCUT2D eigenvalue weighted by Crippen LogP contribution is -2.63. The average molecular weight is 546 g/mol. The van der Waals surface area contributed by atoms with Gasteiger partial charge in [-0.25, -0.2) is 0 Å². The number of allylic oxidation sites excluding steroid dienone is 1. The van der Waals surface area contributed by atoms with E-state index in [1.54, 1.807) is 12.4 Å². The Balaban J connectivity index is 1.20. The van der Waals surface area contributed by atoms with Crippen LogP contribution in [-0.2, 0) is 10.3 Å². The second-order valence-electron chi connectivity index (χ2n) is 13.6. The number of nitrogens with two attached hydrogens (primary N) is 1. The van der Waals surface area contributed by atoms with Gasteiger partial charge in [0.25, 0.3) is 0 Å². The van der Waals surface area contributed by atoms with Crippen molar-refractivity contribution in [1.29, 1.82) is 0 Å². The molecule has 4 fully saturated rings. The molecule has 212 valence electrons. The van der Waals surface area contributed by atoms with Gasteiger partial charge in [-0.05, 0) is 72.8 Å². The molecule has 2 saturated carbocycles. The van der Waals surface area contributed by atoms with E-state index in [0.717, 1.165) is 47.7 Å². The number of benzene rings is 1. The molecule has 8 heteroatoms. The zero-order valence-electron chi connectivity index (χ0n) is 22.9. The molecule has 3 aliphatic heterocycles. The van der Waals surface area contributed by atoms with Crippen LogP contribution in [-0.4, -0.2) is 85.0 Å². The Morgan fingerprint density at radius 2 is 1.98 bits per heavy atom. The minimum absolute atomic E-state index is 0.0816. The molecule has 8 rings (SSSR count). The number of likely N-dealkylation sites (tertiary alicyclic amines) is 1. The van der Waals surface area contributed by atoms with Crippen LogP contribution in [0.2, 0.25) is 0 Å². The van der Waals surface area contributed by atoms with Crippen LogP contribution in [0, 0.1) is 11.3 Å². The molecule has 1 unspecified atom stereocenters. The number of fused-ring (bicyclic) bond motifs is 2. The third-order valence-corrected chi connectivity index (χ3v) is 11.9. The van der Waals surface area contributed by atoms with E-state index in [9.17, 15) is 20.4 Å². The number of pyridine rings is 1. The molecule has 40 heavy (non-hydrogen) atoms. The maximum absolute atomic E-state index is 12.5. The third-order valence-electron chi connectivity index (χ3n) is 11.9. The van der Waals surface area contributed by atoms with E-state index in [4.69, 9.17) is 10.5 Å². The average Bonchev–Trinajstić information content (AvgIpc) is 3.59. The van der Waals surface area contributed by atoms with Crippen LogP contribution in [0.1, 0.15) is 51.0 Å². The lowest BCUT2D eigenvalue weighted by atomic mass is 9.56. The Hall–Kier alpha value is -2.17. The van der Waals surface area contributed by atoms with Crippen molar-refractivity contribution >= 4 is 10.8 Å². The van der Waals surface area contributed by atoms with Gasteiger partial charge in [-0.1, -0.05) is 31.2 Å². The molecule has 2 spiro atoms. The normalized spacial score (nSPS) is 48.0. The molecule has 10 atom stereocenters. The Bertz CT molecular complexity index is 1460. The highest BCUT2D eigenvalue weighted by Crippen LogP contribution is 2.70. The molecular weight excluding hydrogens is 506 g/mol. The Labute approximate surface area is 234 Å². The zero-order valence-corrected chi connectivity index (χ0v) is 22.9. The van der Waals surface area contributed by atoms with Gasteiger partial charge >= 0.3 is 0 Å². The SMILES string of the molecule is C[C@]12CC=C3C=C4[C@H](O)[C@@H](O)[C@@H](N5CC[C@@H](N)C5)C[C@]45CCC3(O5)[C@@H]1C[C@@H](O)[C@]2(O)c1ccc2ccncc2c1. The van der Waals surface area contributed by atoms with Crippen molar-refractivity contribution in [2.75, 3.05) is 13.1 Å². The van der Waals surface area contributed by atoms with Gasteiger partial charge in [0.1, 0.15) is 11.7 Å².